The van der Waals surface area contributed by atoms with Gasteiger partial charge in [0.05, 0.1) is 12.8 Å². The fourth-order valence-corrected chi connectivity index (χ4v) is 2.42. The average Bonchev–Trinajstić information content (AvgIpc) is 2.80. The number of anilines is 1. The van der Waals surface area contributed by atoms with Gasteiger partial charge in [0.2, 0.25) is 0 Å². The average molecular weight is 269 g/mol. The Bertz CT molecular complexity index is 353. The van der Waals surface area contributed by atoms with Crippen LogP contribution in [0, 0.1) is 0 Å². The standard InChI is InChI=1S/C10H13BrN4/c11-7-1-3-8(4-2-7)15-6-14-9-10(15)13-5-12-9/h1-4,9-10,12-14H,5-6H2. The van der Waals surface area contributed by atoms with Gasteiger partial charge in [-0.2, -0.15) is 0 Å². The van der Waals surface area contributed by atoms with E-state index in [0.29, 0.717) is 12.3 Å². The molecule has 2 saturated heterocycles. The molecule has 0 saturated carbocycles. The Hall–Kier alpha value is -0.620. The Labute approximate surface area is 97.2 Å². The van der Waals surface area contributed by atoms with Gasteiger partial charge in [0.15, 0.2) is 0 Å². The highest BCUT2D eigenvalue weighted by molar-refractivity contribution is 9.10. The third kappa shape index (κ3) is 1.65. The van der Waals surface area contributed by atoms with Crippen molar-refractivity contribution in [2.75, 3.05) is 18.2 Å². The molecule has 4 nitrogen and oxygen atoms in total. The predicted molar refractivity (Wildman–Crippen MR) is 63.3 cm³/mol. The molecule has 0 bridgehead atoms. The summed E-state index contributed by atoms with van der Waals surface area (Å²) in [5, 5.41) is 10.2. The van der Waals surface area contributed by atoms with Crippen LogP contribution in [0.25, 0.3) is 0 Å². The highest BCUT2D eigenvalue weighted by atomic mass is 79.9. The smallest absolute Gasteiger partial charge is 0.111 e. The third-order valence-electron chi connectivity index (χ3n) is 2.92. The minimum Gasteiger partial charge on any atom is -0.340 e. The Kier molecular flexibility index (Phi) is 2.40. The molecular formula is C10H13BrN4. The molecule has 0 aromatic heterocycles. The first-order chi connectivity index (χ1) is 7.34. The van der Waals surface area contributed by atoms with Gasteiger partial charge in [-0.15, -0.1) is 0 Å². The van der Waals surface area contributed by atoms with Crippen LogP contribution >= 0.6 is 15.9 Å². The molecule has 3 rings (SSSR count). The third-order valence-corrected chi connectivity index (χ3v) is 3.45. The normalized spacial score (nSPS) is 29.5. The van der Waals surface area contributed by atoms with Crippen molar-refractivity contribution in [3.05, 3.63) is 28.7 Å². The lowest BCUT2D eigenvalue weighted by atomic mass is 10.3. The minimum atomic E-state index is 0.367. The van der Waals surface area contributed by atoms with Crippen molar-refractivity contribution in [1.82, 2.24) is 16.0 Å². The summed E-state index contributed by atoms with van der Waals surface area (Å²) in [6, 6.07) is 8.42. The van der Waals surface area contributed by atoms with Crippen molar-refractivity contribution < 1.29 is 0 Å². The molecule has 15 heavy (non-hydrogen) atoms. The van der Waals surface area contributed by atoms with E-state index in [0.717, 1.165) is 17.8 Å². The molecule has 2 unspecified atom stereocenters. The van der Waals surface area contributed by atoms with E-state index in [2.05, 4.69) is 61.0 Å². The zero-order chi connectivity index (χ0) is 10.3. The Balaban J connectivity index is 1.85. The van der Waals surface area contributed by atoms with E-state index in [-0.39, 0.29) is 0 Å². The van der Waals surface area contributed by atoms with Gasteiger partial charge in [-0.25, -0.2) is 0 Å². The first-order valence-corrected chi connectivity index (χ1v) is 5.86. The number of nitrogens with one attached hydrogen (secondary N) is 3. The van der Waals surface area contributed by atoms with Gasteiger partial charge in [0.1, 0.15) is 6.17 Å². The second-order valence-corrected chi connectivity index (χ2v) is 4.73. The minimum absolute atomic E-state index is 0.367. The number of hydrogen-bond donors (Lipinski definition) is 3. The molecule has 5 heteroatoms. The van der Waals surface area contributed by atoms with Crippen LogP contribution in [0.5, 0.6) is 0 Å². The Morgan fingerprint density at radius 2 is 1.93 bits per heavy atom. The Morgan fingerprint density at radius 3 is 2.73 bits per heavy atom. The van der Waals surface area contributed by atoms with E-state index >= 15 is 0 Å². The predicted octanol–water partition coefficient (Wildman–Crippen LogP) is 0.619. The van der Waals surface area contributed by atoms with Gasteiger partial charge in [-0.05, 0) is 24.3 Å². The van der Waals surface area contributed by atoms with E-state index in [1.54, 1.807) is 0 Å². The van der Waals surface area contributed by atoms with Crippen LogP contribution in [0.15, 0.2) is 28.7 Å². The maximum Gasteiger partial charge on any atom is 0.111 e. The molecule has 2 heterocycles. The number of fused-ring (bicyclic) bond motifs is 1. The van der Waals surface area contributed by atoms with E-state index in [1.807, 2.05) is 0 Å². The van der Waals surface area contributed by atoms with Gasteiger partial charge < -0.3 is 4.90 Å². The molecular weight excluding hydrogens is 256 g/mol. The molecule has 2 aliphatic heterocycles. The second-order valence-electron chi connectivity index (χ2n) is 3.82. The molecule has 80 valence electrons. The topological polar surface area (TPSA) is 39.3 Å². The van der Waals surface area contributed by atoms with Crippen LogP contribution in [-0.4, -0.2) is 25.7 Å². The summed E-state index contributed by atoms with van der Waals surface area (Å²) < 4.78 is 1.12. The number of benzene rings is 1. The summed E-state index contributed by atoms with van der Waals surface area (Å²) in [7, 11) is 0. The molecule has 0 aliphatic carbocycles. The van der Waals surface area contributed by atoms with Crippen LogP contribution in [0.2, 0.25) is 0 Å². The summed E-state index contributed by atoms with van der Waals surface area (Å²) >= 11 is 3.45. The summed E-state index contributed by atoms with van der Waals surface area (Å²) in [4.78, 5) is 2.33. The summed E-state index contributed by atoms with van der Waals surface area (Å²) in [6.45, 7) is 1.76. The summed E-state index contributed by atoms with van der Waals surface area (Å²) in [5.74, 6) is 0. The van der Waals surface area contributed by atoms with Crippen molar-refractivity contribution >= 4 is 21.6 Å². The summed E-state index contributed by atoms with van der Waals surface area (Å²) in [5.41, 5.74) is 1.24. The maximum atomic E-state index is 3.45. The monoisotopic (exact) mass is 268 g/mol. The van der Waals surface area contributed by atoms with Gasteiger partial charge in [-0.3, -0.25) is 16.0 Å². The summed E-state index contributed by atoms with van der Waals surface area (Å²) in [6.07, 6.45) is 0.736. The van der Waals surface area contributed by atoms with Crippen molar-refractivity contribution in [1.29, 1.82) is 0 Å². The number of rotatable bonds is 1. The van der Waals surface area contributed by atoms with Crippen molar-refractivity contribution in [2.24, 2.45) is 0 Å². The number of nitrogens with zero attached hydrogens (tertiary/aromatic N) is 1. The second kappa shape index (κ2) is 3.75. The fourth-order valence-electron chi connectivity index (χ4n) is 2.16. The maximum absolute atomic E-state index is 3.45. The zero-order valence-corrected chi connectivity index (χ0v) is 9.79. The van der Waals surface area contributed by atoms with Crippen molar-refractivity contribution in [3.63, 3.8) is 0 Å². The largest absolute Gasteiger partial charge is 0.340 e. The fraction of sp³-hybridized carbons (Fsp3) is 0.400. The van der Waals surface area contributed by atoms with Gasteiger partial charge in [0.25, 0.3) is 0 Å². The van der Waals surface area contributed by atoms with Crippen LogP contribution < -0.4 is 20.9 Å². The highest BCUT2D eigenvalue weighted by Gasteiger charge is 2.36. The van der Waals surface area contributed by atoms with Crippen LogP contribution in [0.1, 0.15) is 0 Å². The van der Waals surface area contributed by atoms with E-state index in [9.17, 15) is 0 Å². The SMILES string of the molecule is Brc1ccc(N2CNC3NCNC32)cc1. The van der Waals surface area contributed by atoms with Gasteiger partial charge in [0, 0.05) is 16.8 Å². The van der Waals surface area contributed by atoms with Gasteiger partial charge in [-0.1, -0.05) is 15.9 Å². The highest BCUT2D eigenvalue weighted by Crippen LogP contribution is 2.23. The van der Waals surface area contributed by atoms with Crippen LogP contribution in [0.4, 0.5) is 5.69 Å². The lowest BCUT2D eigenvalue weighted by Crippen LogP contribution is -2.42. The first kappa shape index (κ1) is 9.59. The molecule has 3 N–H and O–H groups in total. The molecule has 1 aromatic rings. The number of hydrogen-bond acceptors (Lipinski definition) is 4. The molecule has 0 amide bonds. The molecule has 0 spiro atoms. The van der Waals surface area contributed by atoms with Crippen molar-refractivity contribution in [2.45, 2.75) is 12.3 Å². The van der Waals surface area contributed by atoms with E-state index in [1.165, 1.54) is 5.69 Å². The lowest BCUT2D eigenvalue weighted by molar-refractivity contribution is 0.539. The lowest BCUT2D eigenvalue weighted by Gasteiger charge is -2.24. The zero-order valence-electron chi connectivity index (χ0n) is 8.20. The quantitative estimate of drug-likeness (QED) is 0.699. The molecule has 2 atom stereocenters. The van der Waals surface area contributed by atoms with E-state index < -0.39 is 0 Å². The molecule has 0 radical (unpaired) electrons. The van der Waals surface area contributed by atoms with Crippen molar-refractivity contribution in [3.8, 4) is 0 Å². The molecule has 1 aromatic carbocycles. The molecule has 2 fully saturated rings. The van der Waals surface area contributed by atoms with Crippen LogP contribution in [0.3, 0.4) is 0 Å². The Morgan fingerprint density at radius 1 is 1.13 bits per heavy atom. The molecule has 2 aliphatic rings. The van der Waals surface area contributed by atoms with E-state index in [4.69, 9.17) is 0 Å². The van der Waals surface area contributed by atoms with Crippen LogP contribution in [-0.2, 0) is 0 Å². The number of halogens is 1. The van der Waals surface area contributed by atoms with Gasteiger partial charge >= 0.3 is 0 Å². The first-order valence-electron chi connectivity index (χ1n) is 5.07.